The molecule has 3 rings (SSSR count). The summed E-state index contributed by atoms with van der Waals surface area (Å²) in [5.41, 5.74) is 1.41. The Kier molecular flexibility index (Phi) is 3.93. The molecule has 1 aliphatic rings. The zero-order valence-corrected chi connectivity index (χ0v) is 12.4. The van der Waals surface area contributed by atoms with Crippen molar-refractivity contribution in [2.75, 3.05) is 13.7 Å². The van der Waals surface area contributed by atoms with E-state index in [1.165, 1.54) is 35.6 Å². The Bertz CT molecular complexity index is 589. The van der Waals surface area contributed by atoms with E-state index >= 15 is 0 Å². The van der Waals surface area contributed by atoms with Gasteiger partial charge in [0.25, 0.3) is 0 Å². The monoisotopic (exact) mass is 269 g/mol. The maximum atomic E-state index is 5.50. The number of rotatable bonds is 6. The first kappa shape index (κ1) is 13.4. The zero-order valence-electron chi connectivity index (χ0n) is 12.4. The molecule has 0 spiro atoms. The molecule has 2 aromatic rings. The van der Waals surface area contributed by atoms with Crippen LogP contribution in [0.3, 0.4) is 0 Å². The Labute approximate surface area is 121 Å². The molecule has 1 atom stereocenters. The molecule has 1 fully saturated rings. The molecule has 0 aliphatic heterocycles. The molecule has 1 aliphatic carbocycles. The molecule has 0 aromatic heterocycles. The number of benzene rings is 2. The van der Waals surface area contributed by atoms with Crippen molar-refractivity contribution >= 4 is 10.8 Å². The summed E-state index contributed by atoms with van der Waals surface area (Å²) in [5.74, 6) is 1.88. The highest BCUT2D eigenvalue weighted by Gasteiger charge is 2.26. The lowest BCUT2D eigenvalue weighted by atomic mass is 9.94. The van der Waals surface area contributed by atoms with E-state index < -0.39 is 0 Å². The molecule has 2 aromatic carbocycles. The predicted octanol–water partition coefficient (Wildman–Crippen LogP) is 4.30. The van der Waals surface area contributed by atoms with Crippen LogP contribution in [-0.2, 0) is 0 Å². The summed E-state index contributed by atoms with van der Waals surface area (Å²) in [6.45, 7) is 3.20. The maximum Gasteiger partial charge on any atom is 0.126 e. The zero-order chi connectivity index (χ0) is 13.9. The largest absolute Gasteiger partial charge is 0.496 e. The van der Waals surface area contributed by atoms with Gasteiger partial charge in [0.1, 0.15) is 5.75 Å². The normalized spacial score (nSPS) is 16.3. The number of hydrogen-bond acceptors (Lipinski definition) is 2. The van der Waals surface area contributed by atoms with E-state index in [1.807, 2.05) is 0 Å². The van der Waals surface area contributed by atoms with Gasteiger partial charge in [0.05, 0.1) is 7.11 Å². The van der Waals surface area contributed by atoms with Crippen molar-refractivity contribution in [1.29, 1.82) is 0 Å². The van der Waals surface area contributed by atoms with Gasteiger partial charge >= 0.3 is 0 Å². The van der Waals surface area contributed by atoms with Gasteiger partial charge in [-0.25, -0.2) is 0 Å². The smallest absolute Gasteiger partial charge is 0.126 e. The van der Waals surface area contributed by atoms with Crippen molar-refractivity contribution in [3.8, 4) is 5.75 Å². The van der Waals surface area contributed by atoms with Crippen LogP contribution in [0.5, 0.6) is 5.75 Å². The Morgan fingerprint density at radius 3 is 2.55 bits per heavy atom. The van der Waals surface area contributed by atoms with Crippen LogP contribution in [0.2, 0.25) is 0 Å². The predicted molar refractivity (Wildman–Crippen MR) is 84.3 cm³/mol. The van der Waals surface area contributed by atoms with E-state index in [-0.39, 0.29) is 0 Å². The van der Waals surface area contributed by atoms with Gasteiger partial charge in [-0.2, -0.15) is 0 Å². The molecule has 0 amide bonds. The average Bonchev–Trinajstić information content (AvgIpc) is 3.30. The summed E-state index contributed by atoms with van der Waals surface area (Å²) < 4.78 is 5.50. The Hall–Kier alpha value is -1.54. The van der Waals surface area contributed by atoms with Gasteiger partial charge in [0.15, 0.2) is 0 Å². The summed E-state index contributed by atoms with van der Waals surface area (Å²) in [7, 11) is 1.74. The molecule has 2 heteroatoms. The maximum absolute atomic E-state index is 5.50. The summed E-state index contributed by atoms with van der Waals surface area (Å²) >= 11 is 0. The lowest BCUT2D eigenvalue weighted by molar-refractivity contribution is 0.419. The van der Waals surface area contributed by atoms with E-state index in [0.29, 0.717) is 6.04 Å². The Morgan fingerprint density at radius 2 is 1.90 bits per heavy atom. The van der Waals surface area contributed by atoms with Crippen LogP contribution in [0.1, 0.15) is 37.8 Å². The molecule has 0 bridgehead atoms. The van der Waals surface area contributed by atoms with Crippen molar-refractivity contribution in [3.05, 3.63) is 42.0 Å². The van der Waals surface area contributed by atoms with E-state index in [9.17, 15) is 0 Å². The number of fused-ring (bicyclic) bond motifs is 1. The van der Waals surface area contributed by atoms with Gasteiger partial charge < -0.3 is 10.1 Å². The molecular formula is C18H23NO. The number of methoxy groups -OCH3 is 1. The van der Waals surface area contributed by atoms with Crippen molar-refractivity contribution in [2.45, 2.75) is 32.2 Å². The third kappa shape index (κ3) is 2.66. The van der Waals surface area contributed by atoms with E-state index in [2.05, 4.69) is 48.6 Å². The van der Waals surface area contributed by atoms with E-state index in [1.54, 1.807) is 7.11 Å². The van der Waals surface area contributed by atoms with Crippen molar-refractivity contribution in [1.82, 2.24) is 5.32 Å². The quantitative estimate of drug-likeness (QED) is 0.844. The fourth-order valence-electron chi connectivity index (χ4n) is 3.03. The number of nitrogens with one attached hydrogen (secondary N) is 1. The molecule has 0 saturated heterocycles. The van der Waals surface area contributed by atoms with Gasteiger partial charge in [-0.1, -0.05) is 50.1 Å². The van der Waals surface area contributed by atoms with Crippen LogP contribution in [0.15, 0.2) is 36.4 Å². The highest BCUT2D eigenvalue weighted by Crippen LogP contribution is 2.40. The first-order valence-corrected chi connectivity index (χ1v) is 7.62. The summed E-state index contributed by atoms with van der Waals surface area (Å²) in [6.07, 6.45) is 4.05. The number of ether oxygens (including phenoxy) is 1. The highest BCUT2D eigenvalue weighted by atomic mass is 16.5. The van der Waals surface area contributed by atoms with E-state index in [0.717, 1.165) is 18.2 Å². The lowest BCUT2D eigenvalue weighted by Crippen LogP contribution is -2.21. The Morgan fingerprint density at radius 1 is 1.15 bits per heavy atom. The topological polar surface area (TPSA) is 21.3 Å². The second kappa shape index (κ2) is 5.84. The van der Waals surface area contributed by atoms with Crippen molar-refractivity contribution < 1.29 is 4.74 Å². The van der Waals surface area contributed by atoms with Crippen LogP contribution in [0.25, 0.3) is 10.8 Å². The minimum absolute atomic E-state index is 0.461. The minimum atomic E-state index is 0.461. The molecule has 2 nitrogen and oxygen atoms in total. The summed E-state index contributed by atoms with van der Waals surface area (Å²) in [6, 6.07) is 13.4. The van der Waals surface area contributed by atoms with Gasteiger partial charge in [-0.05, 0) is 35.9 Å². The van der Waals surface area contributed by atoms with Gasteiger partial charge in [-0.15, -0.1) is 0 Å². The summed E-state index contributed by atoms with van der Waals surface area (Å²) in [5, 5.41) is 6.19. The molecule has 1 unspecified atom stereocenters. The SMILES string of the molecule is CCNC(CC1CC1)c1ccc(OC)c2ccccc12. The standard InChI is InChI=1S/C18H23NO/c1-3-19-17(12-13-8-9-13)15-10-11-18(20-2)16-7-5-4-6-14(15)16/h4-7,10-11,13,17,19H,3,8-9,12H2,1-2H3. The molecular weight excluding hydrogens is 246 g/mol. The lowest BCUT2D eigenvalue weighted by Gasteiger charge is -2.21. The third-order valence-corrected chi connectivity index (χ3v) is 4.23. The first-order chi connectivity index (χ1) is 9.83. The first-order valence-electron chi connectivity index (χ1n) is 7.62. The van der Waals surface area contributed by atoms with Gasteiger partial charge in [0, 0.05) is 11.4 Å². The fourth-order valence-corrected chi connectivity index (χ4v) is 3.03. The van der Waals surface area contributed by atoms with Crippen LogP contribution in [-0.4, -0.2) is 13.7 Å². The fraction of sp³-hybridized carbons (Fsp3) is 0.444. The van der Waals surface area contributed by atoms with Gasteiger partial charge in [-0.3, -0.25) is 0 Å². The van der Waals surface area contributed by atoms with Crippen LogP contribution in [0.4, 0.5) is 0 Å². The molecule has 1 saturated carbocycles. The minimum Gasteiger partial charge on any atom is -0.496 e. The Balaban J connectivity index is 2.04. The molecule has 0 heterocycles. The van der Waals surface area contributed by atoms with Gasteiger partial charge in [0.2, 0.25) is 0 Å². The van der Waals surface area contributed by atoms with Crippen molar-refractivity contribution in [2.24, 2.45) is 5.92 Å². The van der Waals surface area contributed by atoms with Crippen molar-refractivity contribution in [3.63, 3.8) is 0 Å². The van der Waals surface area contributed by atoms with Crippen LogP contribution < -0.4 is 10.1 Å². The third-order valence-electron chi connectivity index (χ3n) is 4.23. The average molecular weight is 269 g/mol. The second-order valence-electron chi connectivity index (χ2n) is 5.69. The number of hydrogen-bond donors (Lipinski definition) is 1. The second-order valence-corrected chi connectivity index (χ2v) is 5.69. The highest BCUT2D eigenvalue weighted by molar-refractivity contribution is 5.91. The van der Waals surface area contributed by atoms with E-state index in [4.69, 9.17) is 4.74 Å². The molecule has 106 valence electrons. The van der Waals surface area contributed by atoms with Crippen LogP contribution >= 0.6 is 0 Å². The molecule has 1 N–H and O–H groups in total. The van der Waals surface area contributed by atoms with Crippen LogP contribution in [0, 0.1) is 5.92 Å². The summed E-state index contributed by atoms with van der Waals surface area (Å²) in [4.78, 5) is 0. The molecule has 20 heavy (non-hydrogen) atoms. The molecule has 0 radical (unpaired) electrons.